The molecule has 156 valence electrons. The largest absolute Gasteiger partial charge is 0.376 e. The van der Waals surface area contributed by atoms with E-state index in [1.54, 1.807) is 17.9 Å². The van der Waals surface area contributed by atoms with Gasteiger partial charge < -0.3 is 15.1 Å². The Kier molecular flexibility index (Phi) is 7.02. The highest BCUT2D eigenvalue weighted by Crippen LogP contribution is 2.28. The summed E-state index contributed by atoms with van der Waals surface area (Å²) in [5.74, 6) is -0.183. The molecule has 0 atom stereocenters. The van der Waals surface area contributed by atoms with Crippen LogP contribution < -0.4 is 10.2 Å². The first-order valence-electron chi connectivity index (χ1n) is 9.04. The highest BCUT2D eigenvalue weighted by molar-refractivity contribution is 7.89. The van der Waals surface area contributed by atoms with Crippen LogP contribution in [0.3, 0.4) is 0 Å². The molecular weight excluding hydrogens is 382 g/mol. The Morgan fingerprint density at radius 3 is 2.18 bits per heavy atom. The number of piperazine rings is 1. The van der Waals surface area contributed by atoms with Gasteiger partial charge in [0, 0.05) is 61.3 Å². The van der Waals surface area contributed by atoms with Gasteiger partial charge in [0.15, 0.2) is 0 Å². The van der Waals surface area contributed by atoms with Crippen molar-refractivity contribution in [1.82, 2.24) is 14.1 Å². The highest BCUT2D eigenvalue weighted by Gasteiger charge is 2.22. The van der Waals surface area contributed by atoms with E-state index in [0.717, 1.165) is 4.31 Å². The van der Waals surface area contributed by atoms with Gasteiger partial charge in [-0.2, -0.15) is 0 Å². The maximum Gasteiger partial charge on any atom is 0.242 e. The van der Waals surface area contributed by atoms with Gasteiger partial charge in [-0.1, -0.05) is 0 Å². The van der Waals surface area contributed by atoms with E-state index in [0.29, 0.717) is 37.6 Å². The van der Waals surface area contributed by atoms with Crippen LogP contribution in [0, 0.1) is 0 Å². The van der Waals surface area contributed by atoms with Crippen LogP contribution in [0.25, 0.3) is 0 Å². The fourth-order valence-corrected chi connectivity index (χ4v) is 3.92. The summed E-state index contributed by atoms with van der Waals surface area (Å²) in [5, 5.41) is 2.84. The zero-order valence-corrected chi connectivity index (χ0v) is 17.9. The van der Waals surface area contributed by atoms with E-state index >= 15 is 0 Å². The first-order chi connectivity index (χ1) is 13.0. The number of rotatable bonds is 6. The number of carbonyl (C=O) groups excluding carboxylic acids is 2. The third-order valence-corrected chi connectivity index (χ3v) is 6.50. The maximum absolute atomic E-state index is 12.6. The Balaban J connectivity index is 2.13. The van der Waals surface area contributed by atoms with Crippen LogP contribution in [0.2, 0.25) is 0 Å². The molecule has 0 saturated carbocycles. The average molecular weight is 412 g/mol. The lowest BCUT2D eigenvalue weighted by molar-refractivity contribution is -0.130. The molecule has 1 aliphatic rings. The van der Waals surface area contributed by atoms with Crippen LogP contribution in [0.5, 0.6) is 0 Å². The van der Waals surface area contributed by atoms with E-state index in [2.05, 4.69) is 5.32 Å². The predicted octanol–water partition coefficient (Wildman–Crippen LogP) is 0.106. The smallest absolute Gasteiger partial charge is 0.242 e. The van der Waals surface area contributed by atoms with Gasteiger partial charge in [0.2, 0.25) is 21.8 Å². The molecule has 1 aromatic carbocycles. The van der Waals surface area contributed by atoms with Crippen LogP contribution in [0.1, 0.15) is 6.92 Å². The minimum Gasteiger partial charge on any atom is -0.376 e. The van der Waals surface area contributed by atoms with Crippen molar-refractivity contribution in [3.05, 3.63) is 18.2 Å². The molecule has 1 N–H and O–H groups in total. The van der Waals surface area contributed by atoms with E-state index in [9.17, 15) is 18.0 Å². The summed E-state index contributed by atoms with van der Waals surface area (Å²) >= 11 is 0. The van der Waals surface area contributed by atoms with E-state index < -0.39 is 10.0 Å². The summed E-state index contributed by atoms with van der Waals surface area (Å²) in [4.78, 5) is 29.6. The van der Waals surface area contributed by atoms with Crippen molar-refractivity contribution < 1.29 is 18.0 Å². The van der Waals surface area contributed by atoms with E-state index in [4.69, 9.17) is 0 Å². The van der Waals surface area contributed by atoms with Crippen molar-refractivity contribution in [2.24, 2.45) is 0 Å². The monoisotopic (exact) mass is 411 g/mol. The number of hydrogen-bond acceptors (Lipinski definition) is 6. The minimum atomic E-state index is -3.60. The quantitative estimate of drug-likeness (QED) is 0.714. The zero-order chi connectivity index (χ0) is 21.1. The molecule has 0 spiro atoms. The van der Waals surface area contributed by atoms with Gasteiger partial charge in [-0.3, -0.25) is 14.5 Å². The molecule has 9 nitrogen and oxygen atoms in total. The third kappa shape index (κ3) is 5.21. The van der Waals surface area contributed by atoms with Gasteiger partial charge in [-0.15, -0.1) is 0 Å². The predicted molar refractivity (Wildman–Crippen MR) is 109 cm³/mol. The van der Waals surface area contributed by atoms with Crippen LogP contribution in [0.15, 0.2) is 23.1 Å². The highest BCUT2D eigenvalue weighted by atomic mass is 32.2. The number of nitrogens with one attached hydrogen (secondary N) is 1. The average Bonchev–Trinajstić information content (AvgIpc) is 2.61. The number of amides is 2. The summed E-state index contributed by atoms with van der Waals surface area (Å²) in [7, 11) is 2.98. The lowest BCUT2D eigenvalue weighted by atomic mass is 10.2. The molecule has 0 radical (unpaired) electrons. The fourth-order valence-electron chi connectivity index (χ4n) is 2.99. The van der Waals surface area contributed by atoms with Crippen molar-refractivity contribution in [2.75, 3.05) is 71.1 Å². The van der Waals surface area contributed by atoms with Gasteiger partial charge in [0.1, 0.15) is 0 Å². The SMILES string of the molecule is CC(=O)N1CCN(CC(=O)Nc2cc(S(=O)(=O)N(C)C)ccc2N(C)C)CC1. The second-order valence-corrected chi connectivity index (χ2v) is 9.34. The molecular formula is C18H29N5O4S. The second kappa shape index (κ2) is 8.89. The Bertz CT molecular complexity index is 830. The van der Waals surface area contributed by atoms with Crippen LogP contribution >= 0.6 is 0 Å². The van der Waals surface area contributed by atoms with Gasteiger partial charge in [-0.05, 0) is 18.2 Å². The number of hydrogen-bond donors (Lipinski definition) is 1. The summed E-state index contributed by atoms with van der Waals surface area (Å²) in [6.45, 7) is 4.18. The molecule has 1 saturated heterocycles. The molecule has 1 heterocycles. The van der Waals surface area contributed by atoms with Gasteiger partial charge in [0.25, 0.3) is 0 Å². The Morgan fingerprint density at radius 2 is 1.68 bits per heavy atom. The second-order valence-electron chi connectivity index (χ2n) is 7.19. The first-order valence-corrected chi connectivity index (χ1v) is 10.5. The molecule has 0 unspecified atom stereocenters. The van der Waals surface area contributed by atoms with Crippen molar-refractivity contribution >= 4 is 33.2 Å². The fraction of sp³-hybridized carbons (Fsp3) is 0.556. The topological polar surface area (TPSA) is 93.3 Å². The Hall–Kier alpha value is -2.17. The summed E-state index contributed by atoms with van der Waals surface area (Å²) in [6.07, 6.45) is 0. The molecule has 0 bridgehead atoms. The van der Waals surface area contributed by atoms with Gasteiger partial charge in [0.05, 0.1) is 22.8 Å². The lowest BCUT2D eigenvalue weighted by Gasteiger charge is -2.33. The molecule has 0 aliphatic carbocycles. The number of carbonyl (C=O) groups is 2. The third-order valence-electron chi connectivity index (χ3n) is 4.69. The standard InChI is InChI=1S/C18H29N5O4S/c1-14(24)23-10-8-22(9-11-23)13-18(25)19-16-12-15(28(26,27)21(4)5)6-7-17(16)20(2)3/h6-7,12H,8-11,13H2,1-5H3,(H,19,25). The van der Waals surface area contributed by atoms with Crippen LogP contribution in [-0.4, -0.2) is 95.3 Å². The Labute approximate surface area is 166 Å². The molecule has 1 aliphatic heterocycles. The van der Waals surface area contributed by atoms with E-state index in [-0.39, 0.29) is 23.3 Å². The number of nitrogens with zero attached hydrogens (tertiary/aromatic N) is 4. The van der Waals surface area contributed by atoms with Gasteiger partial charge in [-0.25, -0.2) is 12.7 Å². The van der Waals surface area contributed by atoms with Gasteiger partial charge >= 0.3 is 0 Å². The van der Waals surface area contributed by atoms with Crippen molar-refractivity contribution in [2.45, 2.75) is 11.8 Å². The molecule has 2 amide bonds. The van der Waals surface area contributed by atoms with Crippen molar-refractivity contribution in [3.63, 3.8) is 0 Å². The maximum atomic E-state index is 12.6. The van der Waals surface area contributed by atoms with Crippen LogP contribution in [0.4, 0.5) is 11.4 Å². The van der Waals surface area contributed by atoms with Crippen LogP contribution in [-0.2, 0) is 19.6 Å². The number of benzene rings is 1. The van der Waals surface area contributed by atoms with Crippen molar-refractivity contribution in [3.8, 4) is 0 Å². The number of anilines is 2. The zero-order valence-electron chi connectivity index (χ0n) is 17.1. The summed E-state index contributed by atoms with van der Waals surface area (Å²) < 4.78 is 26.0. The lowest BCUT2D eigenvalue weighted by Crippen LogP contribution is -2.49. The summed E-state index contributed by atoms with van der Waals surface area (Å²) in [5.41, 5.74) is 1.16. The summed E-state index contributed by atoms with van der Waals surface area (Å²) in [6, 6.07) is 4.69. The minimum absolute atomic E-state index is 0.0404. The molecule has 1 fully saturated rings. The Morgan fingerprint density at radius 1 is 1.07 bits per heavy atom. The van der Waals surface area contributed by atoms with Crippen molar-refractivity contribution in [1.29, 1.82) is 0 Å². The normalized spacial score (nSPS) is 15.6. The van der Waals surface area contributed by atoms with E-state index in [1.165, 1.54) is 26.2 Å². The van der Waals surface area contributed by atoms with E-state index in [1.807, 2.05) is 23.9 Å². The molecule has 10 heteroatoms. The molecule has 28 heavy (non-hydrogen) atoms. The molecule has 1 aromatic rings. The molecule has 0 aromatic heterocycles. The molecule has 2 rings (SSSR count). The first kappa shape index (κ1) is 22.1. The number of sulfonamides is 1.